The first-order valence-electron chi connectivity index (χ1n) is 7.20. The summed E-state index contributed by atoms with van der Waals surface area (Å²) in [6.45, 7) is 2.20. The zero-order chi connectivity index (χ0) is 13.5. The highest BCUT2D eigenvalue weighted by atomic mass is 16.1. The molecule has 0 radical (unpaired) electrons. The summed E-state index contributed by atoms with van der Waals surface area (Å²) in [4.78, 5) is 16.6. The van der Waals surface area contributed by atoms with Gasteiger partial charge in [-0.2, -0.15) is 0 Å². The van der Waals surface area contributed by atoms with E-state index in [4.69, 9.17) is 0 Å². The lowest BCUT2D eigenvalue weighted by Crippen LogP contribution is -2.00. The van der Waals surface area contributed by atoms with Crippen molar-refractivity contribution in [3.05, 3.63) is 42.1 Å². The molecule has 0 saturated heterocycles. The number of nitrogens with zero attached hydrogens (tertiary/aromatic N) is 1. The zero-order valence-electron chi connectivity index (χ0n) is 11.6. The first-order chi connectivity index (χ1) is 9.33. The van der Waals surface area contributed by atoms with Gasteiger partial charge in [-0.25, -0.2) is 0 Å². The van der Waals surface area contributed by atoms with Crippen molar-refractivity contribution in [2.45, 2.75) is 45.4 Å². The van der Waals surface area contributed by atoms with E-state index in [1.54, 1.807) is 6.20 Å². The van der Waals surface area contributed by atoms with Gasteiger partial charge in [-0.1, -0.05) is 50.8 Å². The number of aromatic nitrogens is 1. The number of ketones is 1. The molecule has 0 aliphatic rings. The van der Waals surface area contributed by atoms with E-state index in [9.17, 15) is 4.79 Å². The molecule has 2 rings (SSSR count). The van der Waals surface area contributed by atoms with E-state index >= 15 is 0 Å². The second-order valence-corrected chi connectivity index (χ2v) is 4.96. The molecule has 0 N–H and O–H groups in total. The van der Waals surface area contributed by atoms with Crippen molar-refractivity contribution in [1.29, 1.82) is 0 Å². The monoisotopic (exact) mass is 255 g/mol. The van der Waals surface area contributed by atoms with Crippen molar-refractivity contribution in [2.75, 3.05) is 0 Å². The van der Waals surface area contributed by atoms with Crippen LogP contribution in [0.3, 0.4) is 0 Å². The van der Waals surface area contributed by atoms with Crippen LogP contribution >= 0.6 is 0 Å². The van der Waals surface area contributed by atoms with E-state index < -0.39 is 0 Å². The number of benzene rings is 1. The van der Waals surface area contributed by atoms with Gasteiger partial charge in [-0.3, -0.25) is 9.78 Å². The molecule has 0 amide bonds. The van der Waals surface area contributed by atoms with E-state index in [1.165, 1.54) is 19.3 Å². The Morgan fingerprint density at radius 3 is 2.68 bits per heavy atom. The number of rotatable bonds is 7. The number of unbranched alkanes of at least 4 members (excludes halogenated alkanes) is 4. The number of hydrogen-bond acceptors (Lipinski definition) is 2. The highest BCUT2D eigenvalue weighted by molar-refractivity contribution is 6.07. The predicted molar refractivity (Wildman–Crippen MR) is 79.4 cm³/mol. The lowest BCUT2D eigenvalue weighted by atomic mass is 10.0. The molecule has 0 spiro atoms. The lowest BCUT2D eigenvalue weighted by molar-refractivity contribution is 0.0980. The Morgan fingerprint density at radius 1 is 1.05 bits per heavy atom. The van der Waals surface area contributed by atoms with Crippen molar-refractivity contribution in [2.24, 2.45) is 0 Å². The SMILES string of the molecule is CCCCCCCC(=O)c1ccnc2ccccc12. The van der Waals surface area contributed by atoms with Crippen LogP contribution in [-0.4, -0.2) is 10.8 Å². The summed E-state index contributed by atoms with van der Waals surface area (Å²) in [6.07, 6.45) is 8.28. The number of para-hydroxylation sites is 1. The molecule has 0 atom stereocenters. The van der Waals surface area contributed by atoms with Crippen LogP contribution in [0.1, 0.15) is 55.8 Å². The van der Waals surface area contributed by atoms with Crippen LogP contribution in [0.25, 0.3) is 10.9 Å². The van der Waals surface area contributed by atoms with Gasteiger partial charge in [0.05, 0.1) is 5.52 Å². The number of fused-ring (bicyclic) bond motifs is 1. The lowest BCUT2D eigenvalue weighted by Gasteiger charge is -2.05. The molecular weight excluding hydrogens is 234 g/mol. The maximum Gasteiger partial charge on any atom is 0.163 e. The topological polar surface area (TPSA) is 30.0 Å². The molecule has 19 heavy (non-hydrogen) atoms. The van der Waals surface area contributed by atoms with E-state index in [1.807, 2.05) is 30.3 Å². The Bertz CT molecular complexity index is 542. The Kier molecular flexibility index (Phi) is 5.08. The minimum Gasteiger partial charge on any atom is -0.294 e. The quantitative estimate of drug-likeness (QED) is 0.526. The van der Waals surface area contributed by atoms with Gasteiger partial charge in [0.15, 0.2) is 5.78 Å². The number of pyridine rings is 1. The fourth-order valence-corrected chi connectivity index (χ4v) is 2.36. The van der Waals surface area contributed by atoms with Crippen LogP contribution in [0.15, 0.2) is 36.5 Å². The molecule has 2 heteroatoms. The molecule has 1 aromatic carbocycles. The largest absolute Gasteiger partial charge is 0.294 e. The second kappa shape index (κ2) is 7.03. The summed E-state index contributed by atoms with van der Waals surface area (Å²) < 4.78 is 0. The molecule has 0 fully saturated rings. The number of hydrogen-bond donors (Lipinski definition) is 0. The smallest absolute Gasteiger partial charge is 0.163 e. The molecule has 0 bridgehead atoms. The van der Waals surface area contributed by atoms with Crippen LogP contribution in [-0.2, 0) is 0 Å². The summed E-state index contributed by atoms with van der Waals surface area (Å²) in [5, 5.41) is 0.976. The summed E-state index contributed by atoms with van der Waals surface area (Å²) >= 11 is 0. The van der Waals surface area contributed by atoms with Gasteiger partial charge < -0.3 is 0 Å². The average molecular weight is 255 g/mol. The molecule has 2 nitrogen and oxygen atoms in total. The van der Waals surface area contributed by atoms with E-state index in [0.29, 0.717) is 6.42 Å². The Balaban J connectivity index is 2.01. The third kappa shape index (κ3) is 3.63. The fraction of sp³-hybridized carbons (Fsp3) is 0.412. The highest BCUT2D eigenvalue weighted by Crippen LogP contribution is 2.19. The first kappa shape index (κ1) is 13.7. The molecular formula is C17H21NO. The Labute approximate surface area is 114 Å². The van der Waals surface area contributed by atoms with Crippen molar-refractivity contribution < 1.29 is 4.79 Å². The van der Waals surface area contributed by atoms with Gasteiger partial charge in [-0.15, -0.1) is 0 Å². The molecule has 2 aromatic rings. The fourth-order valence-electron chi connectivity index (χ4n) is 2.36. The van der Waals surface area contributed by atoms with E-state index in [2.05, 4.69) is 11.9 Å². The minimum absolute atomic E-state index is 0.245. The number of Topliss-reactive ketones (excluding diaryl/α,β-unsaturated/α-hetero) is 1. The maximum absolute atomic E-state index is 12.3. The Hall–Kier alpha value is -1.70. The van der Waals surface area contributed by atoms with Crippen LogP contribution in [0.4, 0.5) is 0 Å². The van der Waals surface area contributed by atoms with Gasteiger partial charge in [0.1, 0.15) is 0 Å². The third-order valence-electron chi connectivity index (χ3n) is 3.46. The van der Waals surface area contributed by atoms with Crippen LogP contribution in [0, 0.1) is 0 Å². The molecule has 0 unspecified atom stereocenters. The first-order valence-corrected chi connectivity index (χ1v) is 7.20. The standard InChI is InChI=1S/C17H21NO/c1-2-3-4-5-6-11-17(19)15-12-13-18-16-10-8-7-9-14(15)16/h7-10,12-13H,2-6,11H2,1H3. The number of carbonyl (C=O) groups is 1. The minimum atomic E-state index is 0.245. The Morgan fingerprint density at radius 2 is 1.84 bits per heavy atom. The zero-order valence-corrected chi connectivity index (χ0v) is 11.6. The molecule has 1 heterocycles. The van der Waals surface area contributed by atoms with Gasteiger partial charge in [0, 0.05) is 23.6 Å². The summed E-state index contributed by atoms with van der Waals surface area (Å²) in [5.41, 5.74) is 1.72. The van der Waals surface area contributed by atoms with Gasteiger partial charge >= 0.3 is 0 Å². The van der Waals surface area contributed by atoms with Crippen molar-refractivity contribution in [3.63, 3.8) is 0 Å². The van der Waals surface area contributed by atoms with Crippen molar-refractivity contribution >= 4 is 16.7 Å². The normalized spacial score (nSPS) is 10.8. The van der Waals surface area contributed by atoms with Gasteiger partial charge in [0.2, 0.25) is 0 Å². The maximum atomic E-state index is 12.3. The van der Waals surface area contributed by atoms with E-state index in [0.717, 1.165) is 29.3 Å². The number of carbonyl (C=O) groups excluding carboxylic acids is 1. The summed E-state index contributed by atoms with van der Waals surface area (Å²) in [6, 6.07) is 9.69. The van der Waals surface area contributed by atoms with E-state index in [-0.39, 0.29) is 5.78 Å². The molecule has 0 aliphatic carbocycles. The van der Waals surface area contributed by atoms with Gasteiger partial charge in [0.25, 0.3) is 0 Å². The van der Waals surface area contributed by atoms with Crippen LogP contribution in [0.2, 0.25) is 0 Å². The molecule has 0 saturated carbocycles. The van der Waals surface area contributed by atoms with Crippen molar-refractivity contribution in [1.82, 2.24) is 4.98 Å². The predicted octanol–water partition coefficient (Wildman–Crippen LogP) is 4.78. The second-order valence-electron chi connectivity index (χ2n) is 4.96. The highest BCUT2D eigenvalue weighted by Gasteiger charge is 2.09. The summed E-state index contributed by atoms with van der Waals surface area (Å²) in [5.74, 6) is 0.245. The van der Waals surface area contributed by atoms with Crippen LogP contribution in [0.5, 0.6) is 0 Å². The third-order valence-corrected chi connectivity index (χ3v) is 3.46. The summed E-state index contributed by atoms with van der Waals surface area (Å²) in [7, 11) is 0. The molecule has 1 aromatic heterocycles. The molecule has 100 valence electrons. The van der Waals surface area contributed by atoms with Crippen molar-refractivity contribution in [3.8, 4) is 0 Å². The van der Waals surface area contributed by atoms with Crippen LogP contribution < -0.4 is 0 Å². The molecule has 0 aliphatic heterocycles. The van der Waals surface area contributed by atoms with Gasteiger partial charge in [-0.05, 0) is 18.6 Å². The average Bonchev–Trinajstić information content (AvgIpc) is 2.46.